The van der Waals surface area contributed by atoms with Crippen LogP contribution in [0.15, 0.2) is 23.4 Å². The lowest BCUT2D eigenvalue weighted by Gasteiger charge is -2.02. The Labute approximate surface area is 80.7 Å². The third-order valence-corrected chi connectivity index (χ3v) is 2.02. The quantitative estimate of drug-likeness (QED) is 0.409. The van der Waals surface area contributed by atoms with Crippen molar-refractivity contribution in [1.82, 2.24) is 0 Å². The van der Waals surface area contributed by atoms with Gasteiger partial charge in [-0.1, -0.05) is 5.16 Å². The normalized spacial score (nSPS) is 14.5. The minimum Gasteiger partial charge on any atom is -0.454 e. The molecule has 0 radical (unpaired) electrons. The van der Waals surface area contributed by atoms with Gasteiger partial charge in [-0.15, -0.1) is 0 Å². The third-order valence-electron chi connectivity index (χ3n) is 2.02. The molecule has 5 heteroatoms. The monoisotopic (exact) mass is 194 g/mol. The van der Waals surface area contributed by atoms with Gasteiger partial charge in [0, 0.05) is 12.1 Å². The number of hydrogen-bond acceptors (Lipinski definition) is 5. The summed E-state index contributed by atoms with van der Waals surface area (Å²) < 4.78 is 10.3. The SMILES string of the molecule is NCC(=NO)c1ccc2c(c1)OCO2. The highest BCUT2D eigenvalue weighted by molar-refractivity contribution is 6.02. The summed E-state index contributed by atoms with van der Waals surface area (Å²) in [4.78, 5) is 0. The Kier molecular flexibility index (Phi) is 2.24. The molecule has 0 unspecified atom stereocenters. The van der Waals surface area contributed by atoms with E-state index in [9.17, 15) is 0 Å². The van der Waals surface area contributed by atoms with Crippen molar-refractivity contribution in [2.24, 2.45) is 10.9 Å². The number of nitrogens with two attached hydrogens (primary N) is 1. The van der Waals surface area contributed by atoms with Crippen molar-refractivity contribution in [3.63, 3.8) is 0 Å². The zero-order chi connectivity index (χ0) is 9.97. The van der Waals surface area contributed by atoms with Gasteiger partial charge in [0.1, 0.15) is 5.71 Å². The molecule has 1 aliphatic rings. The van der Waals surface area contributed by atoms with Crippen LogP contribution in [0.25, 0.3) is 0 Å². The van der Waals surface area contributed by atoms with Crippen LogP contribution in [0.5, 0.6) is 11.5 Å². The zero-order valence-corrected chi connectivity index (χ0v) is 7.43. The van der Waals surface area contributed by atoms with Gasteiger partial charge in [-0.25, -0.2) is 0 Å². The standard InChI is InChI=1S/C9H10N2O3/c10-4-7(11-12)6-1-2-8-9(3-6)14-5-13-8/h1-3,12H,4-5,10H2. The Morgan fingerprint density at radius 2 is 2.21 bits per heavy atom. The molecule has 74 valence electrons. The molecule has 0 aliphatic carbocycles. The Morgan fingerprint density at radius 1 is 1.43 bits per heavy atom. The second kappa shape index (κ2) is 3.55. The largest absolute Gasteiger partial charge is 0.454 e. The van der Waals surface area contributed by atoms with E-state index in [1.54, 1.807) is 18.2 Å². The van der Waals surface area contributed by atoms with Crippen molar-refractivity contribution in [3.8, 4) is 11.5 Å². The van der Waals surface area contributed by atoms with E-state index in [0.717, 1.165) is 5.56 Å². The van der Waals surface area contributed by atoms with Crippen molar-refractivity contribution in [2.75, 3.05) is 13.3 Å². The van der Waals surface area contributed by atoms with Crippen LogP contribution in [0, 0.1) is 0 Å². The number of rotatable bonds is 2. The second-order valence-electron chi connectivity index (χ2n) is 2.82. The zero-order valence-electron chi connectivity index (χ0n) is 7.43. The lowest BCUT2D eigenvalue weighted by molar-refractivity contribution is 0.174. The van der Waals surface area contributed by atoms with E-state index in [2.05, 4.69) is 5.16 Å². The van der Waals surface area contributed by atoms with Gasteiger partial charge in [0.2, 0.25) is 6.79 Å². The summed E-state index contributed by atoms with van der Waals surface area (Å²) in [6.45, 7) is 0.406. The number of fused-ring (bicyclic) bond motifs is 1. The average Bonchev–Trinajstić information content (AvgIpc) is 2.66. The van der Waals surface area contributed by atoms with Crippen molar-refractivity contribution in [1.29, 1.82) is 0 Å². The molecule has 1 aliphatic heterocycles. The maximum atomic E-state index is 8.66. The Bertz CT molecular complexity index is 376. The van der Waals surface area contributed by atoms with Crippen LogP contribution >= 0.6 is 0 Å². The van der Waals surface area contributed by atoms with Crippen LogP contribution in [0.4, 0.5) is 0 Å². The molecule has 14 heavy (non-hydrogen) atoms. The lowest BCUT2D eigenvalue weighted by atomic mass is 10.1. The van der Waals surface area contributed by atoms with Gasteiger partial charge in [-0.3, -0.25) is 0 Å². The van der Waals surface area contributed by atoms with E-state index in [-0.39, 0.29) is 13.3 Å². The van der Waals surface area contributed by atoms with Gasteiger partial charge >= 0.3 is 0 Å². The van der Waals surface area contributed by atoms with Crippen LogP contribution in [0.1, 0.15) is 5.56 Å². The van der Waals surface area contributed by atoms with Gasteiger partial charge < -0.3 is 20.4 Å². The van der Waals surface area contributed by atoms with E-state index >= 15 is 0 Å². The fourth-order valence-electron chi connectivity index (χ4n) is 1.29. The highest BCUT2D eigenvalue weighted by Crippen LogP contribution is 2.32. The van der Waals surface area contributed by atoms with E-state index in [1.165, 1.54) is 0 Å². The fourth-order valence-corrected chi connectivity index (χ4v) is 1.29. The number of nitrogens with zero attached hydrogens (tertiary/aromatic N) is 1. The summed E-state index contributed by atoms with van der Waals surface area (Å²) >= 11 is 0. The number of benzene rings is 1. The van der Waals surface area contributed by atoms with Crippen LogP contribution < -0.4 is 15.2 Å². The Balaban J connectivity index is 2.37. The van der Waals surface area contributed by atoms with Gasteiger partial charge in [0.05, 0.1) is 0 Å². The van der Waals surface area contributed by atoms with Crippen molar-refractivity contribution >= 4 is 5.71 Å². The van der Waals surface area contributed by atoms with Crippen LogP contribution in [-0.4, -0.2) is 24.3 Å². The fraction of sp³-hybridized carbons (Fsp3) is 0.222. The molecule has 0 spiro atoms. The summed E-state index contributed by atoms with van der Waals surface area (Å²) in [6, 6.07) is 5.28. The first kappa shape index (κ1) is 8.83. The smallest absolute Gasteiger partial charge is 0.231 e. The molecule has 2 rings (SSSR count). The van der Waals surface area contributed by atoms with Gasteiger partial charge in [0.25, 0.3) is 0 Å². The first-order chi connectivity index (χ1) is 6.85. The molecule has 5 nitrogen and oxygen atoms in total. The molecule has 0 atom stereocenters. The number of ether oxygens (including phenoxy) is 2. The molecule has 3 N–H and O–H groups in total. The molecule has 0 aromatic heterocycles. The van der Waals surface area contributed by atoms with Crippen LogP contribution in [0.3, 0.4) is 0 Å². The van der Waals surface area contributed by atoms with Crippen molar-refractivity contribution in [2.45, 2.75) is 0 Å². The van der Waals surface area contributed by atoms with E-state index in [1.807, 2.05) is 0 Å². The number of hydrogen-bond donors (Lipinski definition) is 2. The van der Waals surface area contributed by atoms with Gasteiger partial charge in [0.15, 0.2) is 11.5 Å². The van der Waals surface area contributed by atoms with Gasteiger partial charge in [-0.2, -0.15) is 0 Å². The highest BCUT2D eigenvalue weighted by atomic mass is 16.7. The molecule has 0 amide bonds. The lowest BCUT2D eigenvalue weighted by Crippen LogP contribution is -2.14. The van der Waals surface area contributed by atoms with Crippen LogP contribution in [-0.2, 0) is 0 Å². The molecule has 0 fully saturated rings. The average molecular weight is 194 g/mol. The van der Waals surface area contributed by atoms with E-state index in [4.69, 9.17) is 20.4 Å². The molecule has 0 saturated heterocycles. The Hall–Kier alpha value is -1.75. The second-order valence-corrected chi connectivity index (χ2v) is 2.82. The first-order valence-corrected chi connectivity index (χ1v) is 4.16. The molecule has 1 heterocycles. The summed E-state index contributed by atoms with van der Waals surface area (Å²) in [5.74, 6) is 1.35. The van der Waals surface area contributed by atoms with Crippen molar-refractivity contribution < 1.29 is 14.7 Å². The highest BCUT2D eigenvalue weighted by Gasteiger charge is 2.14. The predicted octanol–water partition coefficient (Wildman–Crippen LogP) is 0.552. The maximum Gasteiger partial charge on any atom is 0.231 e. The first-order valence-electron chi connectivity index (χ1n) is 4.16. The minimum atomic E-state index is 0.177. The molecule has 0 saturated carbocycles. The molecule has 0 bridgehead atoms. The van der Waals surface area contributed by atoms with Crippen molar-refractivity contribution in [3.05, 3.63) is 23.8 Å². The van der Waals surface area contributed by atoms with Gasteiger partial charge in [-0.05, 0) is 18.2 Å². The summed E-state index contributed by atoms with van der Waals surface area (Å²) in [6.07, 6.45) is 0. The molecular formula is C9H10N2O3. The van der Waals surface area contributed by atoms with E-state index in [0.29, 0.717) is 17.2 Å². The Morgan fingerprint density at radius 3 is 2.93 bits per heavy atom. The number of oxime groups is 1. The van der Waals surface area contributed by atoms with E-state index < -0.39 is 0 Å². The molecule has 1 aromatic carbocycles. The maximum absolute atomic E-state index is 8.66. The summed E-state index contributed by atoms with van der Waals surface area (Å²) in [7, 11) is 0. The third kappa shape index (κ3) is 1.38. The topological polar surface area (TPSA) is 77.1 Å². The van der Waals surface area contributed by atoms with Crippen LogP contribution in [0.2, 0.25) is 0 Å². The molecule has 1 aromatic rings. The summed E-state index contributed by atoms with van der Waals surface area (Å²) in [5.41, 5.74) is 6.55. The summed E-state index contributed by atoms with van der Waals surface area (Å²) in [5, 5.41) is 11.8. The minimum absolute atomic E-state index is 0.177. The predicted molar refractivity (Wildman–Crippen MR) is 49.9 cm³/mol. The molecular weight excluding hydrogens is 184 g/mol.